The summed E-state index contributed by atoms with van der Waals surface area (Å²) in [5, 5.41) is 4.74. The number of hydrazone groups is 1. The van der Waals surface area contributed by atoms with Crippen molar-refractivity contribution in [3.05, 3.63) is 72.3 Å². The molecule has 0 saturated carbocycles. The second-order valence-corrected chi connectivity index (χ2v) is 7.65. The van der Waals surface area contributed by atoms with Crippen LogP contribution >= 0.6 is 27.5 Å². The number of H-pyrrole nitrogens is 1. The number of aryl methyl sites for hydroxylation is 1. The zero-order valence-corrected chi connectivity index (χ0v) is 18.0. The second-order valence-electron chi connectivity index (χ2n) is 6.14. The number of aromatic nitrogens is 4. The maximum atomic E-state index is 12.3. The molecule has 3 rings (SSSR count). The molecular weight excluding hydrogens is 460 g/mol. The van der Waals surface area contributed by atoms with Crippen LogP contribution in [0.2, 0.25) is 0 Å². The predicted molar refractivity (Wildman–Crippen MR) is 121 cm³/mol. The Bertz CT molecular complexity index is 1230. The Balaban J connectivity index is 1.97. The standard InChI is InChI=1S/C19H18BrClN6O2/c1-12(21)8-9-27-15-16(26(2)19(29)24-17(15)28)23-18(27)25-22-11-14(20)10-13-6-4-3-5-7-13/h3-8,10-11H,9H2,1-2H3,(H,23,25)(H,24,28,29)/b12-8-,14-10-,22-11-. The van der Waals surface area contributed by atoms with Crippen LogP contribution in [0.4, 0.5) is 5.95 Å². The SMILES string of the molecule is C/C(Cl)=C/Cn1c(N/N=C\C(Br)=C\c2ccccc2)nc2c1c(=O)[nH]c(=O)n2C. The van der Waals surface area contributed by atoms with Gasteiger partial charge < -0.3 is 0 Å². The maximum absolute atomic E-state index is 12.3. The molecule has 0 saturated heterocycles. The second kappa shape index (κ2) is 9.06. The molecule has 3 aromatic rings. The van der Waals surface area contributed by atoms with E-state index >= 15 is 0 Å². The van der Waals surface area contributed by atoms with Crippen molar-refractivity contribution < 1.29 is 0 Å². The highest BCUT2D eigenvalue weighted by molar-refractivity contribution is 9.12. The van der Waals surface area contributed by atoms with Crippen LogP contribution in [0.15, 0.2) is 60.6 Å². The molecule has 2 aromatic heterocycles. The third kappa shape index (κ3) is 4.93. The largest absolute Gasteiger partial charge is 0.329 e. The Hall–Kier alpha value is -2.91. The topological polar surface area (TPSA) is 97.1 Å². The number of halogens is 2. The van der Waals surface area contributed by atoms with Gasteiger partial charge in [-0.25, -0.2) is 10.2 Å². The molecule has 0 radical (unpaired) electrons. The van der Waals surface area contributed by atoms with Gasteiger partial charge in [-0.05, 0) is 34.5 Å². The number of nitrogens with one attached hydrogen (secondary N) is 2. The minimum Gasteiger partial charge on any atom is -0.299 e. The maximum Gasteiger partial charge on any atom is 0.329 e. The zero-order chi connectivity index (χ0) is 21.0. The molecule has 0 aliphatic rings. The fourth-order valence-corrected chi connectivity index (χ4v) is 3.05. The lowest BCUT2D eigenvalue weighted by Crippen LogP contribution is -2.29. The van der Waals surface area contributed by atoms with Gasteiger partial charge in [0, 0.05) is 23.1 Å². The van der Waals surface area contributed by atoms with Crippen LogP contribution in [0.1, 0.15) is 12.5 Å². The summed E-state index contributed by atoms with van der Waals surface area (Å²) in [7, 11) is 1.53. The fraction of sp³-hybridized carbons (Fsp3) is 0.158. The molecule has 0 fully saturated rings. The van der Waals surface area contributed by atoms with E-state index in [4.69, 9.17) is 11.6 Å². The molecule has 0 amide bonds. The lowest BCUT2D eigenvalue weighted by atomic mass is 10.2. The van der Waals surface area contributed by atoms with Crippen molar-refractivity contribution in [3.8, 4) is 0 Å². The van der Waals surface area contributed by atoms with Crippen LogP contribution in [-0.4, -0.2) is 25.3 Å². The molecule has 0 atom stereocenters. The molecule has 0 aliphatic carbocycles. The van der Waals surface area contributed by atoms with Gasteiger partial charge in [-0.15, -0.1) is 0 Å². The van der Waals surface area contributed by atoms with Gasteiger partial charge in [0.25, 0.3) is 5.56 Å². The number of aromatic amines is 1. The van der Waals surface area contributed by atoms with E-state index in [0.717, 1.165) is 10.0 Å². The van der Waals surface area contributed by atoms with E-state index < -0.39 is 11.2 Å². The van der Waals surface area contributed by atoms with E-state index in [0.29, 0.717) is 11.0 Å². The lowest BCUT2D eigenvalue weighted by Gasteiger charge is -2.05. The Morgan fingerprint density at radius 1 is 1.34 bits per heavy atom. The number of anilines is 1. The summed E-state index contributed by atoms with van der Waals surface area (Å²) in [5.74, 6) is 0.303. The van der Waals surface area contributed by atoms with Crippen LogP contribution in [0.3, 0.4) is 0 Å². The molecule has 150 valence electrons. The van der Waals surface area contributed by atoms with Gasteiger partial charge in [0.15, 0.2) is 11.2 Å². The van der Waals surface area contributed by atoms with E-state index in [1.165, 1.54) is 11.6 Å². The number of hydrogen-bond donors (Lipinski definition) is 2. The molecule has 0 bridgehead atoms. The van der Waals surface area contributed by atoms with Crippen LogP contribution in [0.25, 0.3) is 17.2 Å². The monoisotopic (exact) mass is 476 g/mol. The number of nitrogens with zero attached hydrogens (tertiary/aromatic N) is 4. The molecular formula is C19H18BrClN6O2. The van der Waals surface area contributed by atoms with Gasteiger partial charge in [0.2, 0.25) is 5.95 Å². The van der Waals surface area contributed by atoms with Crippen molar-refractivity contribution >= 4 is 56.9 Å². The van der Waals surface area contributed by atoms with Crippen molar-refractivity contribution in [2.45, 2.75) is 13.5 Å². The van der Waals surface area contributed by atoms with E-state index in [1.807, 2.05) is 36.4 Å². The minimum atomic E-state index is -0.542. The molecule has 0 spiro atoms. The van der Waals surface area contributed by atoms with Gasteiger partial charge in [-0.3, -0.25) is 18.9 Å². The Labute approximate surface area is 179 Å². The van der Waals surface area contributed by atoms with Crippen molar-refractivity contribution in [1.82, 2.24) is 19.1 Å². The van der Waals surface area contributed by atoms with E-state index in [9.17, 15) is 9.59 Å². The molecule has 0 aliphatic heterocycles. The highest BCUT2D eigenvalue weighted by Crippen LogP contribution is 2.17. The van der Waals surface area contributed by atoms with Gasteiger partial charge in [-0.2, -0.15) is 10.1 Å². The van der Waals surface area contributed by atoms with Gasteiger partial charge in [-0.1, -0.05) is 48.0 Å². The van der Waals surface area contributed by atoms with Crippen LogP contribution in [-0.2, 0) is 13.6 Å². The third-order valence-corrected chi connectivity index (χ3v) is 4.61. The normalized spacial score (nSPS) is 12.8. The van der Waals surface area contributed by atoms with E-state index in [2.05, 4.69) is 36.4 Å². The summed E-state index contributed by atoms with van der Waals surface area (Å²) < 4.78 is 3.61. The first-order valence-electron chi connectivity index (χ1n) is 8.60. The Morgan fingerprint density at radius 2 is 2.07 bits per heavy atom. The first-order chi connectivity index (χ1) is 13.9. The highest BCUT2D eigenvalue weighted by Gasteiger charge is 2.16. The van der Waals surface area contributed by atoms with Crippen LogP contribution in [0, 0.1) is 0 Å². The zero-order valence-electron chi connectivity index (χ0n) is 15.7. The van der Waals surface area contributed by atoms with Crippen LogP contribution < -0.4 is 16.7 Å². The first kappa shape index (κ1) is 20.8. The molecule has 2 heterocycles. The van der Waals surface area contributed by atoms with E-state index in [1.54, 1.807) is 23.8 Å². The summed E-state index contributed by atoms with van der Waals surface area (Å²) in [6, 6.07) is 9.76. The number of fused-ring (bicyclic) bond motifs is 1. The smallest absolute Gasteiger partial charge is 0.299 e. The summed E-state index contributed by atoms with van der Waals surface area (Å²) in [6.07, 6.45) is 5.21. The third-order valence-electron chi connectivity index (χ3n) is 4.02. The molecule has 0 unspecified atom stereocenters. The summed E-state index contributed by atoms with van der Waals surface area (Å²) >= 11 is 9.38. The molecule has 10 heteroatoms. The number of allylic oxidation sites excluding steroid dienone is 3. The summed E-state index contributed by atoms with van der Waals surface area (Å²) in [4.78, 5) is 30.9. The Kier molecular flexibility index (Phi) is 6.50. The lowest BCUT2D eigenvalue weighted by molar-refractivity contribution is 0.818. The molecule has 1 aromatic carbocycles. The first-order valence-corrected chi connectivity index (χ1v) is 9.77. The predicted octanol–water partition coefficient (Wildman–Crippen LogP) is 3.40. The molecule has 8 nitrogen and oxygen atoms in total. The highest BCUT2D eigenvalue weighted by atomic mass is 79.9. The van der Waals surface area contributed by atoms with Crippen LogP contribution in [0.5, 0.6) is 0 Å². The van der Waals surface area contributed by atoms with Crippen molar-refractivity contribution in [1.29, 1.82) is 0 Å². The summed E-state index contributed by atoms with van der Waals surface area (Å²) in [6.45, 7) is 2.02. The van der Waals surface area contributed by atoms with Crippen molar-refractivity contribution in [2.75, 3.05) is 5.43 Å². The Morgan fingerprint density at radius 3 is 2.76 bits per heavy atom. The summed E-state index contributed by atoms with van der Waals surface area (Å²) in [5.41, 5.74) is 3.27. The molecule has 29 heavy (non-hydrogen) atoms. The van der Waals surface area contributed by atoms with Gasteiger partial charge >= 0.3 is 5.69 Å². The number of benzene rings is 1. The van der Waals surface area contributed by atoms with Gasteiger partial charge in [0.05, 0.1) is 6.21 Å². The van der Waals surface area contributed by atoms with Crippen molar-refractivity contribution in [3.63, 3.8) is 0 Å². The number of hydrogen-bond acceptors (Lipinski definition) is 5. The average Bonchev–Trinajstić information content (AvgIpc) is 3.04. The quantitative estimate of drug-likeness (QED) is 0.420. The molecule has 2 N–H and O–H groups in total. The number of imidazole rings is 1. The average molecular weight is 478 g/mol. The minimum absolute atomic E-state index is 0.246. The fourth-order valence-electron chi connectivity index (χ4n) is 2.61. The number of rotatable bonds is 6. The van der Waals surface area contributed by atoms with E-state index in [-0.39, 0.29) is 17.7 Å². The van der Waals surface area contributed by atoms with Gasteiger partial charge in [0.1, 0.15) is 0 Å². The van der Waals surface area contributed by atoms with Crippen molar-refractivity contribution in [2.24, 2.45) is 12.1 Å².